The first-order chi connectivity index (χ1) is 14.4. The molecule has 0 unspecified atom stereocenters. The average molecular weight is 467 g/mol. The van der Waals surface area contributed by atoms with Gasteiger partial charge in [-0.3, -0.25) is 9.59 Å². The lowest BCUT2D eigenvalue weighted by molar-refractivity contribution is -0.139. The van der Waals surface area contributed by atoms with Gasteiger partial charge in [0.25, 0.3) is 0 Å². The van der Waals surface area contributed by atoms with Gasteiger partial charge in [-0.15, -0.1) is 0 Å². The van der Waals surface area contributed by atoms with Crippen molar-refractivity contribution in [1.82, 2.24) is 0 Å². The summed E-state index contributed by atoms with van der Waals surface area (Å²) in [6.07, 6.45) is -4.78. The standard InChI is InChI=1S/C22H17F3O4S2/c1-12(2)20(27)30-16-8-6-15(7-9-16)29-19(26)14-5-10-18(31-21(28)13(3)4)17(11-14)22(23,24)25/h5-11H,1,3H2,2,4H3. The Hall–Kier alpha value is -2.78. The number of carbonyl (C=O) groups is 3. The normalized spacial score (nSPS) is 11.0. The molecule has 0 saturated heterocycles. The van der Waals surface area contributed by atoms with Gasteiger partial charge in [0.05, 0.1) is 11.1 Å². The molecule has 31 heavy (non-hydrogen) atoms. The number of hydrogen-bond donors (Lipinski definition) is 0. The number of alkyl halides is 3. The zero-order valence-corrected chi connectivity index (χ0v) is 18.2. The lowest BCUT2D eigenvalue weighted by Crippen LogP contribution is -2.13. The van der Waals surface area contributed by atoms with Gasteiger partial charge in [-0.05, 0) is 91.0 Å². The highest BCUT2D eigenvalue weighted by atomic mass is 32.2. The number of halogens is 3. The van der Waals surface area contributed by atoms with Gasteiger partial charge in [0.1, 0.15) is 5.75 Å². The highest BCUT2D eigenvalue weighted by Gasteiger charge is 2.35. The first-order valence-corrected chi connectivity index (χ1v) is 10.3. The molecule has 0 fully saturated rings. The summed E-state index contributed by atoms with van der Waals surface area (Å²) in [5.41, 5.74) is -0.956. The van der Waals surface area contributed by atoms with Crippen LogP contribution in [0.1, 0.15) is 29.8 Å². The van der Waals surface area contributed by atoms with Crippen LogP contribution in [-0.4, -0.2) is 16.2 Å². The molecule has 0 radical (unpaired) electrons. The summed E-state index contributed by atoms with van der Waals surface area (Å²) in [5.74, 6) is -0.895. The SMILES string of the molecule is C=C(C)C(=O)Sc1ccc(OC(=O)c2ccc(SC(=O)C(=C)C)c(C(F)(F)F)c2)cc1. The zero-order valence-electron chi connectivity index (χ0n) is 16.5. The van der Waals surface area contributed by atoms with Crippen LogP contribution >= 0.6 is 23.5 Å². The highest BCUT2D eigenvalue weighted by molar-refractivity contribution is 8.14. The Kier molecular flexibility index (Phi) is 7.91. The number of carbonyl (C=O) groups excluding carboxylic acids is 3. The molecule has 162 valence electrons. The van der Waals surface area contributed by atoms with Crippen LogP contribution < -0.4 is 4.74 Å². The minimum atomic E-state index is -4.78. The Morgan fingerprint density at radius 2 is 1.42 bits per heavy atom. The Bertz CT molecular complexity index is 1060. The van der Waals surface area contributed by atoms with Crippen molar-refractivity contribution in [2.75, 3.05) is 0 Å². The van der Waals surface area contributed by atoms with Gasteiger partial charge in [-0.1, -0.05) is 13.2 Å². The summed E-state index contributed by atoms with van der Waals surface area (Å²) in [6, 6.07) is 8.77. The molecule has 0 spiro atoms. The Morgan fingerprint density at radius 3 is 1.94 bits per heavy atom. The van der Waals surface area contributed by atoms with E-state index >= 15 is 0 Å². The molecule has 0 aromatic heterocycles. The molecule has 2 aromatic carbocycles. The van der Waals surface area contributed by atoms with Crippen LogP contribution in [0.4, 0.5) is 13.2 Å². The third-order valence-electron chi connectivity index (χ3n) is 3.67. The van der Waals surface area contributed by atoms with Gasteiger partial charge < -0.3 is 4.74 Å². The zero-order chi connectivity index (χ0) is 23.3. The van der Waals surface area contributed by atoms with Crippen molar-refractivity contribution >= 4 is 39.7 Å². The van der Waals surface area contributed by atoms with Crippen molar-refractivity contribution in [2.24, 2.45) is 0 Å². The fourth-order valence-electron chi connectivity index (χ4n) is 2.09. The van der Waals surface area contributed by atoms with Crippen LogP contribution in [0.3, 0.4) is 0 Å². The van der Waals surface area contributed by atoms with Crippen molar-refractivity contribution in [2.45, 2.75) is 29.8 Å². The largest absolute Gasteiger partial charge is 0.423 e. The molecule has 0 saturated carbocycles. The molecule has 0 amide bonds. The number of rotatable bonds is 6. The molecule has 9 heteroatoms. The molecule has 0 atom stereocenters. The summed E-state index contributed by atoms with van der Waals surface area (Å²) >= 11 is 1.34. The topological polar surface area (TPSA) is 60.4 Å². The minimum absolute atomic E-state index is 0.0987. The fourth-order valence-corrected chi connectivity index (χ4v) is 3.55. The van der Waals surface area contributed by atoms with Gasteiger partial charge in [-0.25, -0.2) is 4.79 Å². The predicted octanol–water partition coefficient (Wildman–Crippen LogP) is 6.31. The van der Waals surface area contributed by atoms with E-state index in [0.717, 1.165) is 23.9 Å². The van der Waals surface area contributed by atoms with E-state index in [1.54, 1.807) is 6.92 Å². The van der Waals surface area contributed by atoms with Crippen LogP contribution in [-0.2, 0) is 15.8 Å². The lowest BCUT2D eigenvalue weighted by Gasteiger charge is -2.13. The third-order valence-corrected chi connectivity index (χ3v) is 5.82. The second kappa shape index (κ2) is 10.0. The number of ether oxygens (including phenoxy) is 1. The third kappa shape index (κ3) is 6.86. The number of hydrogen-bond acceptors (Lipinski definition) is 6. The van der Waals surface area contributed by atoms with Crippen LogP contribution in [0.5, 0.6) is 5.75 Å². The Labute approximate surface area is 185 Å². The number of esters is 1. The second-order valence-electron chi connectivity index (χ2n) is 6.41. The summed E-state index contributed by atoms with van der Waals surface area (Å²) < 4.78 is 45.5. The van der Waals surface area contributed by atoms with Crippen LogP contribution in [0.15, 0.2) is 76.6 Å². The fraction of sp³-hybridized carbons (Fsp3) is 0.136. The first-order valence-electron chi connectivity index (χ1n) is 8.67. The van der Waals surface area contributed by atoms with Gasteiger partial charge in [-0.2, -0.15) is 13.2 Å². The summed E-state index contributed by atoms with van der Waals surface area (Å²) in [5, 5.41) is -0.823. The summed E-state index contributed by atoms with van der Waals surface area (Å²) in [4.78, 5) is 36.0. The van der Waals surface area contributed by atoms with E-state index < -0.39 is 22.8 Å². The number of thioether (sulfide) groups is 2. The molecule has 0 aliphatic heterocycles. The average Bonchev–Trinajstić information content (AvgIpc) is 2.68. The monoisotopic (exact) mass is 466 g/mol. The maximum absolute atomic E-state index is 13.4. The van der Waals surface area contributed by atoms with E-state index in [1.165, 1.54) is 31.2 Å². The minimum Gasteiger partial charge on any atom is -0.423 e. The van der Waals surface area contributed by atoms with Gasteiger partial charge in [0.2, 0.25) is 10.2 Å². The molecule has 0 aliphatic carbocycles. The molecular formula is C22H17F3O4S2. The summed E-state index contributed by atoms with van der Waals surface area (Å²) in [7, 11) is 0. The van der Waals surface area contributed by atoms with E-state index in [9.17, 15) is 27.6 Å². The molecule has 2 aromatic rings. The van der Waals surface area contributed by atoms with E-state index in [-0.39, 0.29) is 26.9 Å². The predicted molar refractivity (Wildman–Crippen MR) is 114 cm³/mol. The molecule has 2 rings (SSSR count). The Balaban J connectivity index is 2.21. The van der Waals surface area contributed by atoms with E-state index in [0.29, 0.717) is 28.3 Å². The molecule has 4 nitrogen and oxygen atoms in total. The van der Waals surface area contributed by atoms with E-state index in [4.69, 9.17) is 4.74 Å². The van der Waals surface area contributed by atoms with Crippen molar-refractivity contribution < 1.29 is 32.3 Å². The van der Waals surface area contributed by atoms with Gasteiger partial charge in [0, 0.05) is 9.79 Å². The second-order valence-corrected chi connectivity index (χ2v) is 8.47. The maximum atomic E-state index is 13.4. The van der Waals surface area contributed by atoms with Gasteiger partial charge in [0.15, 0.2) is 0 Å². The molecule has 0 heterocycles. The molecule has 0 N–H and O–H groups in total. The number of benzene rings is 2. The molecular weight excluding hydrogens is 449 g/mol. The van der Waals surface area contributed by atoms with Crippen molar-refractivity contribution in [3.05, 3.63) is 77.9 Å². The van der Waals surface area contributed by atoms with Crippen molar-refractivity contribution in [1.29, 1.82) is 0 Å². The molecule has 0 aliphatic rings. The molecule has 0 bridgehead atoms. The van der Waals surface area contributed by atoms with E-state index in [2.05, 4.69) is 13.2 Å². The quantitative estimate of drug-likeness (QED) is 0.215. The van der Waals surface area contributed by atoms with Crippen LogP contribution in [0.25, 0.3) is 0 Å². The smallest absolute Gasteiger partial charge is 0.417 e. The summed E-state index contributed by atoms with van der Waals surface area (Å²) in [6.45, 7) is 9.95. The van der Waals surface area contributed by atoms with Gasteiger partial charge >= 0.3 is 12.1 Å². The van der Waals surface area contributed by atoms with E-state index in [1.807, 2.05) is 0 Å². The van der Waals surface area contributed by atoms with Crippen LogP contribution in [0.2, 0.25) is 0 Å². The van der Waals surface area contributed by atoms with Crippen molar-refractivity contribution in [3.63, 3.8) is 0 Å². The lowest BCUT2D eigenvalue weighted by atomic mass is 10.1. The Morgan fingerprint density at radius 1 is 0.871 bits per heavy atom. The maximum Gasteiger partial charge on any atom is 0.417 e. The highest BCUT2D eigenvalue weighted by Crippen LogP contribution is 2.38. The first kappa shape index (κ1) is 24.5. The van der Waals surface area contributed by atoms with Crippen LogP contribution in [0, 0.1) is 0 Å². The van der Waals surface area contributed by atoms with Crippen molar-refractivity contribution in [3.8, 4) is 5.75 Å².